The molecule has 0 saturated heterocycles. The molecule has 0 aromatic heterocycles. The molecule has 0 spiro atoms. The van der Waals surface area contributed by atoms with E-state index in [1.165, 1.54) is 0 Å². The van der Waals surface area contributed by atoms with Gasteiger partial charge in [-0.3, -0.25) is 24.0 Å². The van der Waals surface area contributed by atoms with Crippen molar-refractivity contribution in [3.8, 4) is 0 Å². The van der Waals surface area contributed by atoms with Crippen molar-refractivity contribution in [2.75, 3.05) is 79.1 Å². The summed E-state index contributed by atoms with van der Waals surface area (Å²) in [6, 6.07) is -1.99. The first-order valence-electron chi connectivity index (χ1n) is 16.3. The van der Waals surface area contributed by atoms with Gasteiger partial charge in [-0.25, -0.2) is 0 Å². The van der Waals surface area contributed by atoms with E-state index in [-0.39, 0.29) is 63.3 Å². The van der Waals surface area contributed by atoms with E-state index in [1.54, 1.807) is 0 Å². The summed E-state index contributed by atoms with van der Waals surface area (Å²) in [6.45, 7) is 15.5. The zero-order valence-corrected chi connectivity index (χ0v) is 28.8. The molecule has 0 heterocycles. The van der Waals surface area contributed by atoms with Crippen molar-refractivity contribution in [2.45, 2.75) is 91.3 Å². The predicted molar refractivity (Wildman–Crippen MR) is 172 cm³/mol. The van der Waals surface area contributed by atoms with Gasteiger partial charge in [-0.15, -0.1) is 0 Å². The lowest BCUT2D eigenvalue weighted by Crippen LogP contribution is -2.50. The molecule has 0 aromatic carbocycles. The molecule has 0 aliphatic carbocycles. The van der Waals surface area contributed by atoms with Crippen LogP contribution in [0.5, 0.6) is 0 Å². The Balaban J connectivity index is 5.14. The van der Waals surface area contributed by atoms with E-state index in [1.807, 2.05) is 41.5 Å². The molecular weight excluding hydrogens is 602 g/mol. The number of amides is 5. The van der Waals surface area contributed by atoms with Crippen molar-refractivity contribution in [3.63, 3.8) is 0 Å². The van der Waals surface area contributed by atoms with Crippen LogP contribution in [0.1, 0.15) is 73.6 Å². The van der Waals surface area contributed by atoms with Crippen LogP contribution in [0, 0.1) is 0 Å². The Labute approximate surface area is 274 Å². The lowest BCUT2D eigenvalue weighted by molar-refractivity contribution is -0.131. The first-order valence-corrected chi connectivity index (χ1v) is 16.3. The van der Waals surface area contributed by atoms with Crippen LogP contribution in [0.3, 0.4) is 0 Å². The number of nitrogens with one attached hydrogen (secondary N) is 5. The maximum Gasteiger partial charge on any atom is 0.242 e. The molecule has 5 amide bonds. The highest BCUT2D eigenvalue weighted by molar-refractivity contribution is 5.90. The Morgan fingerprint density at radius 1 is 0.522 bits per heavy atom. The zero-order chi connectivity index (χ0) is 34.6. The van der Waals surface area contributed by atoms with Crippen molar-refractivity contribution in [1.29, 1.82) is 0 Å². The average molecular weight is 662 g/mol. The summed E-state index contributed by atoms with van der Waals surface area (Å²) < 4.78 is 26.8. The number of hydrogen-bond donors (Lipinski definition) is 5. The number of rotatable bonds is 28. The zero-order valence-electron chi connectivity index (χ0n) is 28.8. The second-order valence-corrected chi connectivity index (χ2v) is 11.2. The average Bonchev–Trinajstić information content (AvgIpc) is 3.00. The standard InChI is InChI=1S/C31H59N5O10/c1-7-42-19-15-32-26(37)12-10-24(29(40)33-16-20-43-8-2)35-27(38)13-11-25(30(41)34-17-21-44-9-3)36-28(39)14-18-45-22-23-46-31(4,5)6/h24-25H,7-23H2,1-6H3,(H,32,37)(H,33,40)(H,34,41)(H,35,38)(H,36,39). The fourth-order valence-corrected chi connectivity index (χ4v) is 3.82. The van der Waals surface area contributed by atoms with E-state index in [9.17, 15) is 24.0 Å². The first kappa shape index (κ1) is 43.1. The lowest BCUT2D eigenvalue weighted by Gasteiger charge is -2.21. The van der Waals surface area contributed by atoms with Gasteiger partial charge in [0.1, 0.15) is 12.1 Å². The monoisotopic (exact) mass is 661 g/mol. The Hall–Kier alpha value is -2.85. The molecule has 0 radical (unpaired) electrons. The normalized spacial score (nSPS) is 12.6. The van der Waals surface area contributed by atoms with Crippen LogP contribution in [-0.2, 0) is 47.7 Å². The smallest absolute Gasteiger partial charge is 0.242 e. The maximum atomic E-state index is 12.9. The van der Waals surface area contributed by atoms with E-state index < -0.39 is 35.7 Å². The molecule has 5 N–H and O–H groups in total. The summed E-state index contributed by atoms with van der Waals surface area (Å²) in [5.41, 5.74) is -0.290. The molecular formula is C31H59N5O10. The third-order valence-electron chi connectivity index (χ3n) is 6.13. The Kier molecular flexibility index (Phi) is 25.6. The fraction of sp³-hybridized carbons (Fsp3) is 0.839. The van der Waals surface area contributed by atoms with Crippen LogP contribution < -0.4 is 26.6 Å². The number of hydrogen-bond acceptors (Lipinski definition) is 10. The van der Waals surface area contributed by atoms with Crippen molar-refractivity contribution in [3.05, 3.63) is 0 Å². The third kappa shape index (κ3) is 25.4. The van der Waals surface area contributed by atoms with E-state index in [2.05, 4.69) is 26.6 Å². The quantitative estimate of drug-likeness (QED) is 0.0724. The maximum absolute atomic E-state index is 12.9. The highest BCUT2D eigenvalue weighted by Gasteiger charge is 2.25. The van der Waals surface area contributed by atoms with Crippen molar-refractivity contribution >= 4 is 29.5 Å². The van der Waals surface area contributed by atoms with Gasteiger partial charge in [-0.05, 0) is 54.4 Å². The molecule has 0 fully saturated rings. The summed E-state index contributed by atoms with van der Waals surface area (Å²) in [5.74, 6) is -2.12. The Morgan fingerprint density at radius 2 is 0.957 bits per heavy atom. The largest absolute Gasteiger partial charge is 0.380 e. The molecule has 15 nitrogen and oxygen atoms in total. The summed E-state index contributed by atoms with van der Waals surface area (Å²) in [5, 5.41) is 13.5. The molecule has 0 bridgehead atoms. The summed E-state index contributed by atoms with van der Waals surface area (Å²) in [7, 11) is 0. The van der Waals surface area contributed by atoms with Crippen molar-refractivity contribution in [2.24, 2.45) is 0 Å². The van der Waals surface area contributed by atoms with Crippen molar-refractivity contribution < 1.29 is 47.7 Å². The number of ether oxygens (including phenoxy) is 5. The highest BCUT2D eigenvalue weighted by Crippen LogP contribution is 2.06. The summed E-state index contributed by atoms with van der Waals surface area (Å²) in [6.07, 6.45) is -0.101. The van der Waals surface area contributed by atoms with Gasteiger partial charge in [0.05, 0.1) is 45.2 Å². The van der Waals surface area contributed by atoms with Crippen molar-refractivity contribution in [1.82, 2.24) is 26.6 Å². The molecule has 268 valence electrons. The van der Waals surface area contributed by atoms with Crippen LogP contribution in [0.15, 0.2) is 0 Å². The number of carbonyl (C=O) groups is 5. The highest BCUT2D eigenvalue weighted by atomic mass is 16.5. The molecule has 2 atom stereocenters. The van der Waals surface area contributed by atoms with Crippen LogP contribution in [0.2, 0.25) is 0 Å². The minimum atomic E-state index is -1.00. The molecule has 0 aromatic rings. The second kappa shape index (κ2) is 27.3. The predicted octanol–water partition coefficient (Wildman–Crippen LogP) is 0.196. The Bertz CT molecular complexity index is 869. The summed E-state index contributed by atoms with van der Waals surface area (Å²) >= 11 is 0. The SMILES string of the molecule is CCOCCNC(=O)CCC(NC(=O)CCC(NC(=O)CCOCCOC(C)(C)C)C(=O)NCCOCC)C(=O)NCCOCC. The van der Waals surface area contributed by atoms with Gasteiger partial charge >= 0.3 is 0 Å². The first-order chi connectivity index (χ1) is 21.9. The van der Waals surface area contributed by atoms with Gasteiger partial charge in [0.2, 0.25) is 29.5 Å². The second-order valence-electron chi connectivity index (χ2n) is 11.2. The molecule has 46 heavy (non-hydrogen) atoms. The van der Waals surface area contributed by atoms with Crippen LogP contribution in [0.25, 0.3) is 0 Å². The minimum Gasteiger partial charge on any atom is -0.380 e. The van der Waals surface area contributed by atoms with Crippen LogP contribution >= 0.6 is 0 Å². The fourth-order valence-electron chi connectivity index (χ4n) is 3.82. The molecule has 15 heteroatoms. The van der Waals surface area contributed by atoms with Gasteiger partial charge in [0.25, 0.3) is 0 Å². The molecule has 2 unspecified atom stereocenters. The van der Waals surface area contributed by atoms with E-state index in [0.717, 1.165) is 0 Å². The van der Waals surface area contributed by atoms with Gasteiger partial charge in [-0.1, -0.05) is 0 Å². The summed E-state index contributed by atoms with van der Waals surface area (Å²) in [4.78, 5) is 63.5. The van der Waals surface area contributed by atoms with Gasteiger partial charge < -0.3 is 50.3 Å². The minimum absolute atomic E-state index is 0.00126. The van der Waals surface area contributed by atoms with E-state index in [4.69, 9.17) is 23.7 Å². The van der Waals surface area contributed by atoms with Crippen LogP contribution in [-0.4, -0.2) is 126 Å². The third-order valence-corrected chi connectivity index (χ3v) is 6.13. The topological polar surface area (TPSA) is 192 Å². The van der Waals surface area contributed by atoms with Crippen LogP contribution in [0.4, 0.5) is 0 Å². The van der Waals surface area contributed by atoms with Gasteiger partial charge in [0.15, 0.2) is 0 Å². The molecule has 0 aliphatic rings. The van der Waals surface area contributed by atoms with Gasteiger partial charge in [-0.2, -0.15) is 0 Å². The lowest BCUT2D eigenvalue weighted by atomic mass is 10.1. The van der Waals surface area contributed by atoms with Gasteiger partial charge in [0, 0.05) is 58.7 Å². The molecule has 0 saturated carbocycles. The molecule has 0 aliphatic heterocycles. The number of carbonyl (C=O) groups excluding carboxylic acids is 5. The Morgan fingerprint density at radius 3 is 1.41 bits per heavy atom. The van der Waals surface area contributed by atoms with E-state index >= 15 is 0 Å². The van der Waals surface area contributed by atoms with E-state index in [0.29, 0.717) is 59.4 Å². The molecule has 0 rings (SSSR count).